The van der Waals surface area contributed by atoms with E-state index in [2.05, 4.69) is 66.4 Å². The van der Waals surface area contributed by atoms with E-state index >= 15 is 0 Å². The molecule has 2 aromatic carbocycles. The molecule has 8 nitrogen and oxygen atoms in total. The average Bonchev–Trinajstić information content (AvgIpc) is 3.77. The van der Waals surface area contributed by atoms with E-state index < -0.39 is 11.5 Å². The standard InChI is InChI=1S/C38H55N5O3/c1-6-34(39)40-17-10-11-18-41-35(45)32(20-25(2)3)42-36(46)38(28-12-8-7-9-13-28)23-29(38)24-43-19-16-37(5)26(4)33(43)21-27-14-15-30(44)22-31(27)37/h7-9,12-15,22,25-26,29,32-33,44H,6,10-11,16-21,23-24H2,1-5H3,(H2,39,40)(H,41,45)(H,42,46)/t26-,29-,32+,33+,37+,38+/m0/s1. The quantitative estimate of drug-likeness (QED) is 0.132. The number of aliphatic imine (C=N–C) groups is 1. The van der Waals surface area contributed by atoms with Crippen LogP contribution in [0.5, 0.6) is 5.75 Å². The van der Waals surface area contributed by atoms with E-state index in [1.807, 2.05) is 37.3 Å². The van der Waals surface area contributed by atoms with Crippen LogP contribution in [0.1, 0.15) is 89.8 Å². The molecule has 1 heterocycles. The lowest BCUT2D eigenvalue weighted by atomic mass is 9.59. The summed E-state index contributed by atoms with van der Waals surface area (Å²) in [6.07, 6.45) is 5.75. The summed E-state index contributed by atoms with van der Waals surface area (Å²) in [6.45, 7) is 13.9. The molecule has 5 N–H and O–H groups in total. The zero-order chi connectivity index (χ0) is 33.1. The van der Waals surface area contributed by atoms with Gasteiger partial charge in [-0.05, 0) is 97.1 Å². The summed E-state index contributed by atoms with van der Waals surface area (Å²) < 4.78 is 0. The zero-order valence-corrected chi connectivity index (χ0v) is 28.5. The lowest BCUT2D eigenvalue weighted by Crippen LogP contribution is -2.58. The summed E-state index contributed by atoms with van der Waals surface area (Å²) in [7, 11) is 0. The Hall–Kier alpha value is -3.39. The number of fused-ring (bicyclic) bond motifs is 4. The third-order valence-corrected chi connectivity index (χ3v) is 11.3. The van der Waals surface area contributed by atoms with Gasteiger partial charge in [-0.15, -0.1) is 0 Å². The first kappa shape index (κ1) is 34.0. The molecule has 5 rings (SSSR count). The van der Waals surface area contributed by atoms with Gasteiger partial charge in [-0.3, -0.25) is 19.5 Å². The van der Waals surface area contributed by atoms with Crippen LogP contribution in [-0.2, 0) is 26.8 Å². The van der Waals surface area contributed by atoms with Crippen molar-refractivity contribution in [2.75, 3.05) is 26.2 Å². The van der Waals surface area contributed by atoms with Crippen LogP contribution in [0.3, 0.4) is 0 Å². The summed E-state index contributed by atoms with van der Waals surface area (Å²) in [4.78, 5) is 34.7. The molecule has 0 spiro atoms. The fourth-order valence-electron chi connectivity index (χ4n) is 8.15. The minimum absolute atomic E-state index is 0.0262. The number of nitrogens with one attached hydrogen (secondary N) is 2. The number of phenolic OH excluding ortho intramolecular Hbond substituents is 1. The van der Waals surface area contributed by atoms with E-state index in [1.165, 1.54) is 11.1 Å². The molecular weight excluding hydrogens is 574 g/mol. The van der Waals surface area contributed by atoms with Crippen LogP contribution in [0.25, 0.3) is 0 Å². The lowest BCUT2D eigenvalue weighted by Gasteiger charge is -2.55. The van der Waals surface area contributed by atoms with Gasteiger partial charge in [0.05, 0.1) is 11.3 Å². The Balaban J connectivity index is 1.28. The summed E-state index contributed by atoms with van der Waals surface area (Å²) in [5.74, 6) is 1.72. The summed E-state index contributed by atoms with van der Waals surface area (Å²) in [5.41, 5.74) is 8.84. The highest BCUT2D eigenvalue weighted by Crippen LogP contribution is 2.57. The molecule has 2 fully saturated rings. The Morgan fingerprint density at radius 2 is 1.91 bits per heavy atom. The van der Waals surface area contributed by atoms with Crippen LogP contribution in [0, 0.1) is 17.8 Å². The number of nitrogens with zero attached hydrogens (tertiary/aromatic N) is 2. The van der Waals surface area contributed by atoms with E-state index in [0.29, 0.717) is 43.1 Å². The number of likely N-dealkylation sites (tertiary alicyclic amines) is 1. The number of nitrogens with two attached hydrogens (primary N) is 1. The first-order chi connectivity index (χ1) is 22.0. The highest BCUT2D eigenvalue weighted by atomic mass is 16.3. The van der Waals surface area contributed by atoms with Gasteiger partial charge < -0.3 is 21.5 Å². The Bertz CT molecular complexity index is 1410. The number of amides is 2. The van der Waals surface area contributed by atoms with Crippen LogP contribution in [0.4, 0.5) is 0 Å². The van der Waals surface area contributed by atoms with Crippen molar-refractivity contribution in [1.82, 2.24) is 15.5 Å². The van der Waals surface area contributed by atoms with Gasteiger partial charge >= 0.3 is 0 Å². The molecule has 1 saturated heterocycles. The highest BCUT2D eigenvalue weighted by Gasteiger charge is 2.62. The predicted molar refractivity (Wildman–Crippen MR) is 185 cm³/mol. The number of hydrogen-bond donors (Lipinski definition) is 4. The minimum atomic E-state index is -0.643. The third-order valence-electron chi connectivity index (χ3n) is 11.3. The maximum absolute atomic E-state index is 14.3. The number of rotatable bonds is 14. The van der Waals surface area contributed by atoms with Crippen molar-refractivity contribution in [2.45, 2.75) is 102 Å². The van der Waals surface area contributed by atoms with Crippen LogP contribution < -0.4 is 16.4 Å². The topological polar surface area (TPSA) is 120 Å². The molecule has 46 heavy (non-hydrogen) atoms. The summed E-state index contributed by atoms with van der Waals surface area (Å²) >= 11 is 0. The Kier molecular flexibility index (Phi) is 10.5. The van der Waals surface area contributed by atoms with Gasteiger partial charge in [0, 0.05) is 32.1 Å². The second-order valence-corrected chi connectivity index (χ2v) is 14.7. The second-order valence-electron chi connectivity index (χ2n) is 14.7. The molecule has 0 unspecified atom stereocenters. The molecule has 8 heteroatoms. The first-order valence-electron chi connectivity index (χ1n) is 17.5. The number of amidine groups is 1. The number of carbonyl (C=O) groups excluding carboxylic acids is 2. The van der Waals surface area contributed by atoms with Crippen molar-refractivity contribution >= 4 is 17.6 Å². The molecule has 2 aromatic rings. The van der Waals surface area contributed by atoms with Crippen molar-refractivity contribution in [3.05, 3.63) is 65.2 Å². The maximum Gasteiger partial charge on any atom is 0.242 e. The fourth-order valence-corrected chi connectivity index (χ4v) is 8.15. The summed E-state index contributed by atoms with van der Waals surface area (Å²) in [5, 5.41) is 16.6. The van der Waals surface area contributed by atoms with E-state index in [-0.39, 0.29) is 29.1 Å². The van der Waals surface area contributed by atoms with Gasteiger partial charge in [0.2, 0.25) is 11.8 Å². The Morgan fingerprint density at radius 1 is 1.15 bits per heavy atom. The van der Waals surface area contributed by atoms with Gasteiger partial charge in [0.25, 0.3) is 0 Å². The van der Waals surface area contributed by atoms with E-state index in [4.69, 9.17) is 5.73 Å². The molecule has 3 aliphatic rings. The molecule has 0 radical (unpaired) electrons. The van der Waals surface area contributed by atoms with Crippen molar-refractivity contribution in [3.8, 4) is 5.75 Å². The van der Waals surface area contributed by atoms with Crippen molar-refractivity contribution in [3.63, 3.8) is 0 Å². The van der Waals surface area contributed by atoms with E-state index in [1.54, 1.807) is 0 Å². The number of hydrogen-bond acceptors (Lipinski definition) is 5. The van der Waals surface area contributed by atoms with E-state index in [0.717, 1.165) is 57.2 Å². The molecule has 0 aromatic heterocycles. The van der Waals surface area contributed by atoms with Gasteiger partial charge in [-0.25, -0.2) is 0 Å². The molecule has 1 saturated carbocycles. The first-order valence-corrected chi connectivity index (χ1v) is 17.5. The number of phenols is 1. The molecule has 2 aliphatic carbocycles. The number of aromatic hydroxyl groups is 1. The Labute approximate surface area is 275 Å². The Morgan fingerprint density at radius 3 is 2.63 bits per heavy atom. The smallest absolute Gasteiger partial charge is 0.242 e. The molecular formula is C38H55N5O3. The maximum atomic E-state index is 14.3. The van der Waals surface area contributed by atoms with Gasteiger partial charge in [-0.2, -0.15) is 0 Å². The predicted octanol–water partition coefficient (Wildman–Crippen LogP) is 5.07. The highest BCUT2D eigenvalue weighted by molar-refractivity contribution is 5.95. The van der Waals surface area contributed by atoms with Crippen molar-refractivity contribution in [2.24, 2.45) is 28.5 Å². The molecule has 250 valence electrons. The van der Waals surface area contributed by atoms with E-state index in [9.17, 15) is 14.7 Å². The number of benzene rings is 2. The zero-order valence-electron chi connectivity index (χ0n) is 28.5. The molecule has 1 aliphatic heterocycles. The van der Waals surface area contributed by atoms with Crippen LogP contribution in [-0.4, -0.2) is 65.9 Å². The van der Waals surface area contributed by atoms with Crippen LogP contribution in [0.2, 0.25) is 0 Å². The van der Waals surface area contributed by atoms with Crippen LogP contribution >= 0.6 is 0 Å². The van der Waals surface area contributed by atoms with Gasteiger partial charge in [0.1, 0.15) is 11.8 Å². The second kappa shape index (κ2) is 14.2. The SMILES string of the molecule is CCC(N)=NCCCCNC(=O)[C@@H](CC(C)C)NC(=O)[C@@]1(c2ccccc2)C[C@H]1CN1CC[C@@]2(C)c3cc(O)ccc3C[C@@H]1[C@@H]2C. The largest absolute Gasteiger partial charge is 0.508 e. The van der Waals surface area contributed by atoms with Crippen LogP contribution in [0.15, 0.2) is 53.5 Å². The van der Waals surface area contributed by atoms with Gasteiger partial charge in [-0.1, -0.05) is 71.0 Å². The monoisotopic (exact) mass is 629 g/mol. The lowest BCUT2D eigenvalue weighted by molar-refractivity contribution is -0.131. The van der Waals surface area contributed by atoms with Crippen molar-refractivity contribution < 1.29 is 14.7 Å². The number of unbranched alkanes of at least 4 members (excludes halogenated alkanes) is 1. The van der Waals surface area contributed by atoms with Gasteiger partial charge in [0.15, 0.2) is 0 Å². The third kappa shape index (κ3) is 6.97. The normalized spacial score (nSPS) is 28.0. The fraction of sp³-hybridized carbons (Fsp3) is 0.605. The average molecular weight is 630 g/mol. The number of carbonyl (C=O) groups is 2. The summed E-state index contributed by atoms with van der Waals surface area (Å²) in [6, 6.07) is 15.9. The molecule has 2 amide bonds. The van der Waals surface area contributed by atoms with Crippen molar-refractivity contribution in [1.29, 1.82) is 0 Å². The molecule has 2 bridgehead atoms. The number of piperidine rings is 1. The molecule has 6 atom stereocenters. The minimum Gasteiger partial charge on any atom is -0.508 e.